The molecule has 0 fully saturated rings. The molecular formula is C26H24N2O3. The van der Waals surface area contributed by atoms with E-state index in [1.54, 1.807) is 7.11 Å². The van der Waals surface area contributed by atoms with Crippen molar-refractivity contribution in [2.45, 2.75) is 20.5 Å². The molecule has 1 amide bonds. The summed E-state index contributed by atoms with van der Waals surface area (Å²) in [5, 5.41) is 5.93. The van der Waals surface area contributed by atoms with Gasteiger partial charge in [-0.15, -0.1) is 0 Å². The molecule has 3 aromatic carbocycles. The fourth-order valence-corrected chi connectivity index (χ4v) is 3.47. The van der Waals surface area contributed by atoms with E-state index in [0.29, 0.717) is 29.4 Å². The van der Waals surface area contributed by atoms with Crippen molar-refractivity contribution in [1.82, 2.24) is 0 Å². The van der Waals surface area contributed by atoms with Crippen LogP contribution in [0.3, 0.4) is 0 Å². The number of benzene rings is 3. The number of methoxy groups -OCH3 is 1. The molecule has 0 radical (unpaired) electrons. The van der Waals surface area contributed by atoms with E-state index in [1.165, 1.54) is 5.01 Å². The number of hydrazone groups is 1. The van der Waals surface area contributed by atoms with Gasteiger partial charge in [0.05, 0.1) is 24.1 Å². The van der Waals surface area contributed by atoms with Gasteiger partial charge in [-0.25, -0.2) is 0 Å². The number of hydrogen-bond donors (Lipinski definition) is 0. The van der Waals surface area contributed by atoms with E-state index in [2.05, 4.69) is 5.10 Å². The van der Waals surface area contributed by atoms with Crippen molar-refractivity contribution in [1.29, 1.82) is 0 Å². The zero-order valence-corrected chi connectivity index (χ0v) is 17.8. The quantitative estimate of drug-likeness (QED) is 0.510. The Balaban J connectivity index is 1.66. The molecule has 1 heterocycles. The van der Waals surface area contributed by atoms with E-state index >= 15 is 0 Å². The first-order chi connectivity index (χ1) is 15.1. The number of amides is 1. The van der Waals surface area contributed by atoms with Crippen LogP contribution in [0.15, 0.2) is 83.5 Å². The van der Waals surface area contributed by atoms with Gasteiger partial charge >= 0.3 is 0 Å². The van der Waals surface area contributed by atoms with Crippen molar-refractivity contribution < 1.29 is 14.3 Å². The number of rotatable bonds is 6. The summed E-state index contributed by atoms with van der Waals surface area (Å²) in [6.45, 7) is 4.22. The van der Waals surface area contributed by atoms with Crippen LogP contribution < -0.4 is 14.5 Å². The summed E-state index contributed by atoms with van der Waals surface area (Å²) >= 11 is 0. The number of aryl methyl sites for hydroxylation is 1. The van der Waals surface area contributed by atoms with E-state index in [9.17, 15) is 4.79 Å². The lowest BCUT2D eigenvalue weighted by Crippen LogP contribution is -2.21. The molecule has 1 aliphatic heterocycles. The molecular weight excluding hydrogens is 388 g/mol. The number of para-hydroxylation sites is 1. The summed E-state index contributed by atoms with van der Waals surface area (Å²) in [6.07, 6.45) is 1.82. The smallest absolute Gasteiger partial charge is 0.280 e. The first-order valence-electron chi connectivity index (χ1n) is 10.1. The molecule has 0 saturated heterocycles. The maximum absolute atomic E-state index is 13.1. The van der Waals surface area contributed by atoms with Crippen molar-refractivity contribution in [3.63, 3.8) is 0 Å². The molecule has 5 heteroatoms. The first kappa shape index (κ1) is 20.4. The highest BCUT2D eigenvalue weighted by molar-refractivity contribution is 6.32. The predicted octanol–water partition coefficient (Wildman–Crippen LogP) is 5.39. The topological polar surface area (TPSA) is 51.1 Å². The summed E-state index contributed by atoms with van der Waals surface area (Å²) in [7, 11) is 1.61. The Bertz CT molecular complexity index is 1170. The zero-order valence-electron chi connectivity index (χ0n) is 17.8. The fourth-order valence-electron chi connectivity index (χ4n) is 3.47. The molecule has 0 saturated carbocycles. The third-order valence-corrected chi connectivity index (χ3v) is 5.06. The molecule has 4 rings (SSSR count). The molecule has 1 aliphatic rings. The van der Waals surface area contributed by atoms with Crippen LogP contribution in [-0.4, -0.2) is 18.7 Å². The van der Waals surface area contributed by atoms with Crippen LogP contribution in [0.25, 0.3) is 6.08 Å². The van der Waals surface area contributed by atoms with Gasteiger partial charge in [-0.3, -0.25) is 4.79 Å². The minimum absolute atomic E-state index is 0.167. The normalized spacial score (nSPS) is 14.7. The zero-order chi connectivity index (χ0) is 21.8. The molecule has 0 bridgehead atoms. The molecule has 31 heavy (non-hydrogen) atoms. The maximum atomic E-state index is 13.1. The lowest BCUT2D eigenvalue weighted by molar-refractivity contribution is -0.114. The second kappa shape index (κ2) is 8.88. The standard InChI is InChI=1S/C26H24N2O3/c1-18-9-7-13-22(15-18)28-26(29)23(19(2)27-28)16-21-12-8-14-24(30-3)25(21)31-17-20-10-5-4-6-11-20/h4-16H,17H2,1-3H3. The number of hydrogen-bond acceptors (Lipinski definition) is 4. The number of ether oxygens (including phenoxy) is 2. The Labute approximate surface area is 182 Å². The van der Waals surface area contributed by atoms with Crippen molar-refractivity contribution in [3.8, 4) is 11.5 Å². The molecule has 0 aromatic heterocycles. The van der Waals surface area contributed by atoms with Gasteiger partial charge in [0.25, 0.3) is 5.91 Å². The molecule has 0 unspecified atom stereocenters. The number of nitrogens with zero attached hydrogens (tertiary/aromatic N) is 2. The van der Waals surface area contributed by atoms with E-state index in [1.807, 2.05) is 92.7 Å². The van der Waals surface area contributed by atoms with Gasteiger partial charge in [-0.2, -0.15) is 10.1 Å². The summed E-state index contributed by atoms with van der Waals surface area (Å²) in [4.78, 5) is 13.1. The van der Waals surface area contributed by atoms with Crippen molar-refractivity contribution >= 4 is 23.4 Å². The molecule has 0 spiro atoms. The number of anilines is 1. The van der Waals surface area contributed by atoms with Crippen LogP contribution in [0.1, 0.15) is 23.6 Å². The molecule has 3 aromatic rings. The minimum Gasteiger partial charge on any atom is -0.493 e. The Kier molecular flexibility index (Phi) is 5.85. The second-order valence-electron chi connectivity index (χ2n) is 7.35. The monoisotopic (exact) mass is 412 g/mol. The molecule has 0 atom stereocenters. The largest absolute Gasteiger partial charge is 0.493 e. The van der Waals surface area contributed by atoms with Crippen molar-refractivity contribution in [3.05, 3.63) is 95.1 Å². The van der Waals surface area contributed by atoms with Crippen LogP contribution in [-0.2, 0) is 11.4 Å². The number of carbonyl (C=O) groups excluding carboxylic acids is 1. The van der Waals surface area contributed by atoms with Crippen LogP contribution in [0, 0.1) is 6.92 Å². The average Bonchev–Trinajstić information content (AvgIpc) is 3.07. The lowest BCUT2D eigenvalue weighted by atomic mass is 10.1. The SMILES string of the molecule is COc1cccc(C=C2C(=O)N(c3cccc(C)c3)N=C2C)c1OCc1ccccc1. The summed E-state index contributed by atoms with van der Waals surface area (Å²) in [5.41, 5.74) is 4.81. The van der Waals surface area contributed by atoms with Gasteiger partial charge in [-0.05, 0) is 49.2 Å². The highest BCUT2D eigenvalue weighted by Crippen LogP contribution is 2.35. The highest BCUT2D eigenvalue weighted by Gasteiger charge is 2.29. The Morgan fingerprint density at radius 1 is 0.968 bits per heavy atom. The minimum atomic E-state index is -0.167. The van der Waals surface area contributed by atoms with Gasteiger partial charge in [0.15, 0.2) is 11.5 Å². The predicted molar refractivity (Wildman–Crippen MR) is 124 cm³/mol. The van der Waals surface area contributed by atoms with E-state index < -0.39 is 0 Å². The second-order valence-corrected chi connectivity index (χ2v) is 7.35. The van der Waals surface area contributed by atoms with Crippen LogP contribution in [0.5, 0.6) is 11.5 Å². The van der Waals surface area contributed by atoms with Gasteiger partial charge in [0.2, 0.25) is 0 Å². The van der Waals surface area contributed by atoms with E-state index in [-0.39, 0.29) is 5.91 Å². The van der Waals surface area contributed by atoms with Gasteiger partial charge in [0, 0.05) is 5.56 Å². The molecule has 0 N–H and O–H groups in total. The maximum Gasteiger partial charge on any atom is 0.280 e. The van der Waals surface area contributed by atoms with Crippen LogP contribution in [0.2, 0.25) is 0 Å². The highest BCUT2D eigenvalue weighted by atomic mass is 16.5. The van der Waals surface area contributed by atoms with Crippen molar-refractivity contribution in [2.24, 2.45) is 5.10 Å². The summed E-state index contributed by atoms with van der Waals surface area (Å²) < 4.78 is 11.6. The van der Waals surface area contributed by atoms with Crippen molar-refractivity contribution in [2.75, 3.05) is 12.1 Å². The molecule has 0 aliphatic carbocycles. The van der Waals surface area contributed by atoms with Crippen LogP contribution in [0.4, 0.5) is 5.69 Å². The Hall–Kier alpha value is -3.86. The van der Waals surface area contributed by atoms with E-state index in [4.69, 9.17) is 9.47 Å². The third-order valence-electron chi connectivity index (χ3n) is 5.06. The Morgan fingerprint density at radius 2 is 1.74 bits per heavy atom. The third kappa shape index (κ3) is 4.36. The summed E-state index contributed by atoms with van der Waals surface area (Å²) in [5.74, 6) is 1.04. The fraction of sp³-hybridized carbons (Fsp3) is 0.154. The van der Waals surface area contributed by atoms with Crippen LogP contribution >= 0.6 is 0 Å². The van der Waals surface area contributed by atoms with Gasteiger partial charge < -0.3 is 9.47 Å². The molecule has 156 valence electrons. The van der Waals surface area contributed by atoms with Gasteiger partial charge in [0.1, 0.15) is 6.61 Å². The number of carbonyl (C=O) groups is 1. The lowest BCUT2D eigenvalue weighted by Gasteiger charge is -2.14. The van der Waals surface area contributed by atoms with Gasteiger partial charge in [-0.1, -0.05) is 54.6 Å². The average molecular weight is 412 g/mol. The summed E-state index contributed by atoms with van der Waals surface area (Å²) in [6, 6.07) is 23.3. The first-order valence-corrected chi connectivity index (χ1v) is 10.1. The van der Waals surface area contributed by atoms with E-state index in [0.717, 1.165) is 22.4 Å². The Morgan fingerprint density at radius 3 is 2.48 bits per heavy atom. The molecule has 5 nitrogen and oxygen atoms in total.